The second-order valence-electron chi connectivity index (χ2n) is 6.72. The molecule has 4 rings (SSSR count). The number of aromatic nitrogens is 1. The van der Waals surface area contributed by atoms with Gasteiger partial charge in [-0.15, -0.1) is 22.7 Å². The number of hydrogen-bond donors (Lipinski definition) is 1. The lowest BCUT2D eigenvalue weighted by Crippen LogP contribution is -2.40. The van der Waals surface area contributed by atoms with Crippen molar-refractivity contribution in [3.63, 3.8) is 0 Å². The topological polar surface area (TPSA) is 62.3 Å². The van der Waals surface area contributed by atoms with Crippen LogP contribution in [0.5, 0.6) is 0 Å². The Bertz CT molecular complexity index is 1150. The summed E-state index contributed by atoms with van der Waals surface area (Å²) in [6, 6.07) is 17.3. The van der Waals surface area contributed by atoms with Crippen molar-refractivity contribution in [1.82, 2.24) is 15.2 Å². The van der Waals surface area contributed by atoms with E-state index in [4.69, 9.17) is 4.98 Å². The molecule has 0 unspecified atom stereocenters. The molecule has 0 fully saturated rings. The number of fused-ring (bicyclic) bond motifs is 1. The Labute approximate surface area is 183 Å². The number of amides is 2. The molecule has 30 heavy (non-hydrogen) atoms. The van der Waals surface area contributed by atoms with E-state index in [1.54, 1.807) is 27.6 Å². The van der Waals surface area contributed by atoms with Crippen LogP contribution in [0.2, 0.25) is 0 Å². The molecule has 0 aliphatic heterocycles. The lowest BCUT2D eigenvalue weighted by molar-refractivity contribution is -0.121. The van der Waals surface area contributed by atoms with Gasteiger partial charge >= 0.3 is 0 Å². The smallest absolute Gasteiger partial charge is 0.255 e. The number of para-hydroxylation sites is 1. The largest absolute Gasteiger partial charge is 0.350 e. The number of hydrogen-bond acceptors (Lipinski definition) is 5. The molecule has 2 amide bonds. The zero-order valence-electron chi connectivity index (χ0n) is 16.5. The average Bonchev–Trinajstić information content (AvgIpc) is 3.49. The average molecular weight is 436 g/mol. The Hall–Kier alpha value is -3.03. The molecular weight excluding hydrogens is 414 g/mol. The Balaban J connectivity index is 1.59. The normalized spacial score (nSPS) is 10.8. The van der Waals surface area contributed by atoms with E-state index >= 15 is 0 Å². The highest BCUT2D eigenvalue weighted by Crippen LogP contribution is 2.28. The van der Waals surface area contributed by atoms with E-state index in [-0.39, 0.29) is 18.4 Å². The molecule has 3 heterocycles. The highest BCUT2D eigenvalue weighted by atomic mass is 32.1. The fraction of sp³-hybridized carbons (Fsp3) is 0.174. The van der Waals surface area contributed by atoms with Crippen molar-refractivity contribution in [3.05, 3.63) is 75.8 Å². The summed E-state index contributed by atoms with van der Waals surface area (Å²) in [4.78, 5) is 34.2. The Morgan fingerprint density at radius 2 is 1.83 bits per heavy atom. The summed E-state index contributed by atoms with van der Waals surface area (Å²) in [7, 11) is 0. The van der Waals surface area contributed by atoms with Crippen molar-refractivity contribution in [2.45, 2.75) is 13.5 Å². The molecule has 7 heteroatoms. The number of nitrogens with one attached hydrogen (secondary N) is 1. The van der Waals surface area contributed by atoms with Gasteiger partial charge in [0.2, 0.25) is 5.91 Å². The molecule has 0 saturated heterocycles. The molecule has 0 aliphatic rings. The van der Waals surface area contributed by atoms with Crippen LogP contribution in [0, 0.1) is 0 Å². The van der Waals surface area contributed by atoms with E-state index < -0.39 is 0 Å². The third-order valence-corrected chi connectivity index (χ3v) is 6.53. The third-order valence-electron chi connectivity index (χ3n) is 4.76. The molecule has 1 aromatic carbocycles. The maximum atomic E-state index is 13.4. The van der Waals surface area contributed by atoms with Gasteiger partial charge in [-0.1, -0.05) is 30.3 Å². The van der Waals surface area contributed by atoms with Crippen LogP contribution in [0.4, 0.5) is 0 Å². The van der Waals surface area contributed by atoms with Gasteiger partial charge in [0.15, 0.2) is 0 Å². The van der Waals surface area contributed by atoms with Crippen LogP contribution in [-0.4, -0.2) is 34.8 Å². The maximum Gasteiger partial charge on any atom is 0.255 e. The lowest BCUT2D eigenvalue weighted by Gasteiger charge is -2.21. The number of thiophene rings is 2. The van der Waals surface area contributed by atoms with E-state index in [1.807, 2.05) is 72.3 Å². The summed E-state index contributed by atoms with van der Waals surface area (Å²) < 4.78 is 0. The highest BCUT2D eigenvalue weighted by Gasteiger charge is 2.21. The van der Waals surface area contributed by atoms with Gasteiger partial charge in [-0.05, 0) is 41.9 Å². The Kier molecular flexibility index (Phi) is 6.21. The zero-order chi connectivity index (χ0) is 20.9. The summed E-state index contributed by atoms with van der Waals surface area (Å²) in [6.45, 7) is 2.82. The predicted octanol–water partition coefficient (Wildman–Crippen LogP) is 4.80. The monoisotopic (exact) mass is 435 g/mol. The second kappa shape index (κ2) is 9.19. The Morgan fingerprint density at radius 3 is 2.57 bits per heavy atom. The molecule has 0 bridgehead atoms. The van der Waals surface area contributed by atoms with Crippen molar-refractivity contribution < 1.29 is 9.59 Å². The summed E-state index contributed by atoms with van der Waals surface area (Å²) in [5.41, 5.74) is 2.10. The van der Waals surface area contributed by atoms with Gasteiger partial charge in [-0.3, -0.25) is 9.59 Å². The number of nitrogens with zero attached hydrogens (tertiary/aromatic N) is 2. The van der Waals surface area contributed by atoms with E-state index in [9.17, 15) is 9.59 Å². The standard InChI is InChI=1S/C23H21N3O2S2/c1-2-26(15-22(27)24-14-16-7-5-11-29-16)23(28)18-13-20(21-10-6-12-30-21)25-19-9-4-3-8-17(18)19/h3-13H,2,14-15H2,1H3,(H,24,27). The first kappa shape index (κ1) is 20.3. The molecular formula is C23H21N3O2S2. The van der Waals surface area contributed by atoms with Crippen LogP contribution in [-0.2, 0) is 11.3 Å². The molecule has 0 spiro atoms. The number of likely N-dealkylation sites (N-methyl/N-ethyl adjacent to an activating group) is 1. The molecule has 0 aliphatic carbocycles. The van der Waals surface area contributed by atoms with Crippen LogP contribution in [0.15, 0.2) is 65.4 Å². The second-order valence-corrected chi connectivity index (χ2v) is 8.70. The van der Waals surface area contributed by atoms with E-state index in [1.165, 1.54) is 0 Å². The number of carbonyl (C=O) groups is 2. The molecule has 0 radical (unpaired) electrons. The summed E-state index contributed by atoms with van der Waals surface area (Å²) in [6.07, 6.45) is 0. The highest BCUT2D eigenvalue weighted by molar-refractivity contribution is 7.13. The number of rotatable bonds is 7. The predicted molar refractivity (Wildman–Crippen MR) is 123 cm³/mol. The van der Waals surface area contributed by atoms with Gasteiger partial charge in [-0.25, -0.2) is 4.98 Å². The first-order valence-electron chi connectivity index (χ1n) is 9.67. The van der Waals surface area contributed by atoms with Gasteiger partial charge in [0.25, 0.3) is 5.91 Å². The molecule has 3 aromatic heterocycles. The van der Waals surface area contributed by atoms with E-state index in [2.05, 4.69) is 5.32 Å². The first-order valence-corrected chi connectivity index (χ1v) is 11.4. The van der Waals surface area contributed by atoms with Gasteiger partial charge in [-0.2, -0.15) is 0 Å². The van der Waals surface area contributed by atoms with Gasteiger partial charge in [0, 0.05) is 16.8 Å². The van der Waals surface area contributed by atoms with Crippen molar-refractivity contribution in [2.24, 2.45) is 0 Å². The molecule has 1 N–H and O–H groups in total. The zero-order valence-corrected chi connectivity index (χ0v) is 18.1. The van der Waals surface area contributed by atoms with E-state index in [0.29, 0.717) is 18.7 Å². The fourth-order valence-electron chi connectivity index (χ4n) is 3.23. The van der Waals surface area contributed by atoms with Gasteiger partial charge in [0.1, 0.15) is 0 Å². The quantitative estimate of drug-likeness (QED) is 0.453. The van der Waals surface area contributed by atoms with Crippen LogP contribution in [0.3, 0.4) is 0 Å². The SMILES string of the molecule is CCN(CC(=O)NCc1cccs1)C(=O)c1cc(-c2cccs2)nc2ccccc12. The van der Waals surface area contributed by atoms with Crippen LogP contribution in [0.1, 0.15) is 22.2 Å². The molecule has 0 atom stereocenters. The first-order chi connectivity index (χ1) is 14.7. The van der Waals surface area contributed by atoms with Crippen molar-refractivity contribution in [1.29, 1.82) is 0 Å². The summed E-state index contributed by atoms with van der Waals surface area (Å²) in [5.74, 6) is -0.337. The number of carbonyl (C=O) groups excluding carboxylic acids is 2. The molecule has 5 nitrogen and oxygen atoms in total. The summed E-state index contributed by atoms with van der Waals surface area (Å²) in [5, 5.41) is 7.65. The van der Waals surface area contributed by atoms with Crippen LogP contribution in [0.25, 0.3) is 21.5 Å². The van der Waals surface area contributed by atoms with Crippen molar-refractivity contribution >= 4 is 45.4 Å². The lowest BCUT2D eigenvalue weighted by atomic mass is 10.1. The summed E-state index contributed by atoms with van der Waals surface area (Å²) >= 11 is 3.18. The molecule has 152 valence electrons. The molecule has 0 saturated carbocycles. The van der Waals surface area contributed by atoms with Gasteiger partial charge in [0.05, 0.1) is 34.7 Å². The number of benzene rings is 1. The fourth-order valence-corrected chi connectivity index (χ4v) is 4.56. The van der Waals surface area contributed by atoms with Gasteiger partial charge < -0.3 is 10.2 Å². The Morgan fingerprint density at radius 1 is 1.03 bits per heavy atom. The molecule has 4 aromatic rings. The van der Waals surface area contributed by atoms with Crippen molar-refractivity contribution in [3.8, 4) is 10.6 Å². The van der Waals surface area contributed by atoms with Crippen molar-refractivity contribution in [2.75, 3.05) is 13.1 Å². The third kappa shape index (κ3) is 4.42. The minimum atomic E-state index is -0.171. The number of pyridine rings is 1. The minimum absolute atomic E-state index is 0.0195. The van der Waals surface area contributed by atoms with Crippen LogP contribution < -0.4 is 5.32 Å². The van der Waals surface area contributed by atoms with Crippen LogP contribution >= 0.6 is 22.7 Å². The minimum Gasteiger partial charge on any atom is -0.350 e. The van der Waals surface area contributed by atoms with E-state index in [0.717, 1.165) is 26.4 Å². The maximum absolute atomic E-state index is 13.4.